The van der Waals surface area contributed by atoms with E-state index in [1.54, 1.807) is 0 Å². The van der Waals surface area contributed by atoms with Crippen LogP contribution in [0.25, 0.3) is 5.57 Å². The highest BCUT2D eigenvalue weighted by atomic mass is 14.2. The summed E-state index contributed by atoms with van der Waals surface area (Å²) in [5, 5.41) is 0. The van der Waals surface area contributed by atoms with Crippen molar-refractivity contribution in [3.05, 3.63) is 76.4 Å². The first-order chi connectivity index (χ1) is 10.6. The van der Waals surface area contributed by atoms with Crippen molar-refractivity contribution in [2.24, 2.45) is 0 Å². The van der Waals surface area contributed by atoms with E-state index in [-0.39, 0.29) is 7.43 Å². The first kappa shape index (κ1) is 21.2. The largest absolute Gasteiger partial charge is 0.0905 e. The van der Waals surface area contributed by atoms with Gasteiger partial charge in [0.25, 0.3) is 0 Å². The van der Waals surface area contributed by atoms with Crippen molar-refractivity contribution in [1.82, 2.24) is 0 Å². The average Bonchev–Trinajstić information content (AvgIpc) is 2.55. The van der Waals surface area contributed by atoms with Crippen LogP contribution in [0.4, 0.5) is 0 Å². The Hall–Kier alpha value is -1.82. The van der Waals surface area contributed by atoms with Crippen LogP contribution in [0.1, 0.15) is 68.5 Å². The molecule has 0 saturated carbocycles. The van der Waals surface area contributed by atoms with Gasteiger partial charge in [-0.25, -0.2) is 0 Å². The maximum atomic E-state index is 4.43. The molecule has 0 fully saturated rings. The number of hydrogen-bond donors (Lipinski definition) is 0. The summed E-state index contributed by atoms with van der Waals surface area (Å²) in [7, 11) is 0. The SMILES string of the molecule is C.C=C(c1c(C)cccc1CC)c1c(C)cccc1CC.CC. The first-order valence-electron chi connectivity index (χ1n) is 8.46. The molecule has 0 aliphatic rings. The van der Waals surface area contributed by atoms with Crippen molar-refractivity contribution in [1.29, 1.82) is 0 Å². The van der Waals surface area contributed by atoms with E-state index in [4.69, 9.17) is 0 Å². The molecule has 0 unspecified atom stereocenters. The third-order valence-electron chi connectivity index (χ3n) is 4.08. The second kappa shape index (κ2) is 10.0. The average molecular weight is 311 g/mol. The lowest BCUT2D eigenvalue weighted by Gasteiger charge is -2.19. The fraction of sp³-hybridized carbons (Fsp3) is 0.391. The van der Waals surface area contributed by atoms with Crippen LogP contribution in [-0.4, -0.2) is 0 Å². The molecule has 0 saturated heterocycles. The Labute approximate surface area is 144 Å². The molecule has 0 N–H and O–H groups in total. The van der Waals surface area contributed by atoms with E-state index in [2.05, 4.69) is 70.7 Å². The number of rotatable bonds is 4. The van der Waals surface area contributed by atoms with Gasteiger partial charge in [-0.1, -0.05) is 78.1 Å². The van der Waals surface area contributed by atoms with Gasteiger partial charge in [0.1, 0.15) is 0 Å². The van der Waals surface area contributed by atoms with Gasteiger partial charge in [0.05, 0.1) is 0 Å². The van der Waals surface area contributed by atoms with E-state index >= 15 is 0 Å². The third-order valence-corrected chi connectivity index (χ3v) is 4.08. The van der Waals surface area contributed by atoms with E-state index < -0.39 is 0 Å². The molecule has 0 amide bonds. The maximum absolute atomic E-state index is 4.43. The molecule has 0 heterocycles. The summed E-state index contributed by atoms with van der Waals surface area (Å²) in [4.78, 5) is 0. The molecule has 2 rings (SSSR count). The summed E-state index contributed by atoms with van der Waals surface area (Å²) >= 11 is 0. The van der Waals surface area contributed by atoms with E-state index in [0.717, 1.165) is 12.8 Å². The molecule has 126 valence electrons. The molecule has 0 aromatic heterocycles. The molecule has 0 radical (unpaired) electrons. The summed E-state index contributed by atoms with van der Waals surface area (Å²) in [6.07, 6.45) is 2.09. The number of hydrogen-bond acceptors (Lipinski definition) is 0. The highest BCUT2D eigenvalue weighted by molar-refractivity contribution is 5.84. The molecule has 2 aromatic carbocycles. The Bertz CT molecular complexity index is 577. The van der Waals surface area contributed by atoms with Crippen LogP contribution < -0.4 is 0 Å². The second-order valence-electron chi connectivity index (χ2n) is 5.40. The van der Waals surface area contributed by atoms with Crippen LogP contribution in [0.15, 0.2) is 43.0 Å². The minimum absolute atomic E-state index is 0. The molecular formula is C23H34. The van der Waals surface area contributed by atoms with E-state index in [1.807, 2.05) is 13.8 Å². The minimum Gasteiger partial charge on any atom is -0.0905 e. The van der Waals surface area contributed by atoms with Crippen LogP contribution in [0.5, 0.6) is 0 Å². The lowest BCUT2D eigenvalue weighted by atomic mass is 9.86. The third kappa shape index (κ3) is 4.58. The van der Waals surface area contributed by atoms with Crippen LogP contribution >= 0.6 is 0 Å². The topological polar surface area (TPSA) is 0 Å². The van der Waals surface area contributed by atoms with Gasteiger partial charge in [-0.05, 0) is 65.6 Å². The maximum Gasteiger partial charge on any atom is -0.0122 e. The Morgan fingerprint density at radius 2 is 1.13 bits per heavy atom. The summed E-state index contributed by atoms with van der Waals surface area (Å²) in [6, 6.07) is 13.1. The lowest BCUT2D eigenvalue weighted by molar-refractivity contribution is 1.10. The fourth-order valence-electron chi connectivity index (χ4n) is 3.03. The molecule has 0 heteroatoms. The smallest absolute Gasteiger partial charge is 0.0122 e. The molecular weight excluding hydrogens is 276 g/mol. The molecule has 23 heavy (non-hydrogen) atoms. The molecule has 0 spiro atoms. The molecule has 0 aliphatic heterocycles. The zero-order valence-electron chi connectivity index (χ0n) is 15.1. The first-order valence-corrected chi connectivity index (χ1v) is 8.46. The molecule has 0 bridgehead atoms. The summed E-state index contributed by atoms with van der Waals surface area (Å²) in [6.45, 7) is 17.2. The van der Waals surface area contributed by atoms with Gasteiger partial charge in [0.15, 0.2) is 0 Å². The zero-order chi connectivity index (χ0) is 16.7. The predicted octanol–water partition coefficient (Wildman–Crippen LogP) is 7.15. The van der Waals surface area contributed by atoms with Gasteiger partial charge in [-0.2, -0.15) is 0 Å². The zero-order valence-corrected chi connectivity index (χ0v) is 15.1. The molecule has 2 aromatic rings. The highest BCUT2D eigenvalue weighted by Crippen LogP contribution is 2.32. The molecule has 0 atom stereocenters. The highest BCUT2D eigenvalue weighted by Gasteiger charge is 2.14. The van der Waals surface area contributed by atoms with E-state index in [1.165, 1.54) is 39.0 Å². The Kier molecular flexibility index (Phi) is 9.25. The Balaban J connectivity index is 0.00000155. The monoisotopic (exact) mass is 310 g/mol. The van der Waals surface area contributed by atoms with Crippen molar-refractivity contribution >= 4 is 5.57 Å². The predicted molar refractivity (Wildman–Crippen MR) is 107 cm³/mol. The van der Waals surface area contributed by atoms with Crippen molar-refractivity contribution in [3.8, 4) is 0 Å². The number of benzene rings is 2. The van der Waals surface area contributed by atoms with Gasteiger partial charge in [0, 0.05) is 0 Å². The van der Waals surface area contributed by atoms with Crippen LogP contribution in [-0.2, 0) is 12.8 Å². The van der Waals surface area contributed by atoms with E-state index in [9.17, 15) is 0 Å². The van der Waals surface area contributed by atoms with Gasteiger partial charge in [-0.3, -0.25) is 0 Å². The normalized spacial score (nSPS) is 9.48. The minimum atomic E-state index is 0. The summed E-state index contributed by atoms with van der Waals surface area (Å²) in [5.41, 5.74) is 9.26. The van der Waals surface area contributed by atoms with Gasteiger partial charge >= 0.3 is 0 Å². The van der Waals surface area contributed by atoms with Crippen molar-refractivity contribution in [3.63, 3.8) is 0 Å². The van der Waals surface area contributed by atoms with Crippen LogP contribution in [0.3, 0.4) is 0 Å². The standard InChI is InChI=1S/C20H24.C2H6.CH4/c1-6-17-12-8-10-14(3)19(17)16(5)20-15(4)11-9-13-18(20)7-2;1-2;/h8-13H,5-7H2,1-4H3;1-2H3;1H4. The van der Waals surface area contributed by atoms with E-state index in [0.29, 0.717) is 0 Å². The van der Waals surface area contributed by atoms with Crippen molar-refractivity contribution < 1.29 is 0 Å². The quantitative estimate of drug-likeness (QED) is 0.562. The molecule has 0 nitrogen and oxygen atoms in total. The van der Waals surface area contributed by atoms with Crippen molar-refractivity contribution in [2.75, 3.05) is 0 Å². The molecule has 0 aliphatic carbocycles. The van der Waals surface area contributed by atoms with Crippen LogP contribution in [0, 0.1) is 13.8 Å². The number of aryl methyl sites for hydroxylation is 4. The van der Waals surface area contributed by atoms with Gasteiger partial charge < -0.3 is 0 Å². The Morgan fingerprint density at radius 1 is 0.783 bits per heavy atom. The lowest BCUT2D eigenvalue weighted by Crippen LogP contribution is -2.01. The fourth-order valence-corrected chi connectivity index (χ4v) is 3.03. The Morgan fingerprint density at radius 3 is 1.43 bits per heavy atom. The van der Waals surface area contributed by atoms with Crippen LogP contribution in [0.2, 0.25) is 0 Å². The summed E-state index contributed by atoms with van der Waals surface area (Å²) in [5.74, 6) is 0. The summed E-state index contributed by atoms with van der Waals surface area (Å²) < 4.78 is 0. The van der Waals surface area contributed by atoms with Gasteiger partial charge in [-0.15, -0.1) is 0 Å². The van der Waals surface area contributed by atoms with Crippen molar-refractivity contribution in [2.45, 2.75) is 61.8 Å². The van der Waals surface area contributed by atoms with Gasteiger partial charge in [0.2, 0.25) is 0 Å². The second-order valence-corrected chi connectivity index (χ2v) is 5.40.